The van der Waals surface area contributed by atoms with Crippen molar-refractivity contribution in [2.24, 2.45) is 5.73 Å². The average molecular weight is 301 g/mol. The molecule has 2 unspecified atom stereocenters. The molecule has 21 heavy (non-hydrogen) atoms. The lowest BCUT2D eigenvalue weighted by Gasteiger charge is -2.30. The minimum atomic E-state index is -0.0644. The third kappa shape index (κ3) is 2.76. The Morgan fingerprint density at radius 2 is 1.81 bits per heavy atom. The zero-order chi connectivity index (χ0) is 15.0. The van der Waals surface area contributed by atoms with Crippen LogP contribution in [0.1, 0.15) is 28.6 Å². The summed E-state index contributed by atoms with van der Waals surface area (Å²) < 4.78 is 5.81. The summed E-state index contributed by atoms with van der Waals surface area (Å²) in [4.78, 5) is 9.12. The molecule has 0 spiro atoms. The largest absolute Gasteiger partial charge is 0.492 e. The van der Waals surface area contributed by atoms with Crippen LogP contribution in [0.5, 0.6) is 5.75 Å². The number of aromatic nitrogens is 2. The van der Waals surface area contributed by atoms with Crippen molar-refractivity contribution < 1.29 is 4.74 Å². The van der Waals surface area contributed by atoms with Gasteiger partial charge in [-0.15, -0.1) is 0 Å². The van der Waals surface area contributed by atoms with Crippen LogP contribution < -0.4 is 10.5 Å². The highest BCUT2D eigenvalue weighted by Gasteiger charge is 2.29. The summed E-state index contributed by atoms with van der Waals surface area (Å²) >= 11 is 1.60. The van der Waals surface area contributed by atoms with E-state index in [1.165, 1.54) is 0 Å². The molecule has 0 bridgehead atoms. The molecule has 1 aliphatic heterocycles. The van der Waals surface area contributed by atoms with E-state index in [1.54, 1.807) is 11.8 Å². The van der Waals surface area contributed by atoms with E-state index < -0.39 is 0 Å². The molecule has 0 radical (unpaired) electrons. The second-order valence-electron chi connectivity index (χ2n) is 5.33. The van der Waals surface area contributed by atoms with Crippen LogP contribution in [-0.4, -0.2) is 21.8 Å². The van der Waals surface area contributed by atoms with Gasteiger partial charge in [-0.25, -0.2) is 9.97 Å². The molecular weight excluding hydrogens is 282 g/mol. The standard InChI is InChI=1S/C16H19N3OS/c1-9-10(2)18-16(19-11(9)3)21-14-8-20-13-7-5-4-6-12(13)15(14)17/h4-7,14-15H,8,17H2,1-3H3. The van der Waals surface area contributed by atoms with E-state index in [1.807, 2.05) is 45.0 Å². The Morgan fingerprint density at radius 1 is 1.14 bits per heavy atom. The maximum atomic E-state index is 6.39. The van der Waals surface area contributed by atoms with Gasteiger partial charge in [0.2, 0.25) is 0 Å². The molecule has 1 aliphatic rings. The normalized spacial score (nSPS) is 20.8. The van der Waals surface area contributed by atoms with Gasteiger partial charge in [-0.2, -0.15) is 0 Å². The van der Waals surface area contributed by atoms with Gasteiger partial charge in [0, 0.05) is 23.0 Å². The van der Waals surface area contributed by atoms with E-state index >= 15 is 0 Å². The second kappa shape index (κ2) is 5.66. The monoisotopic (exact) mass is 301 g/mol. The Bertz CT molecular complexity index is 651. The van der Waals surface area contributed by atoms with E-state index in [2.05, 4.69) is 9.97 Å². The summed E-state index contributed by atoms with van der Waals surface area (Å²) in [6, 6.07) is 7.89. The van der Waals surface area contributed by atoms with Crippen molar-refractivity contribution in [3.05, 3.63) is 46.8 Å². The highest BCUT2D eigenvalue weighted by molar-refractivity contribution is 7.99. The molecule has 1 aromatic heterocycles. The lowest BCUT2D eigenvalue weighted by Crippen LogP contribution is -2.33. The Balaban J connectivity index is 1.84. The number of benzene rings is 1. The fourth-order valence-corrected chi connectivity index (χ4v) is 3.48. The zero-order valence-corrected chi connectivity index (χ0v) is 13.3. The molecule has 0 saturated carbocycles. The second-order valence-corrected chi connectivity index (χ2v) is 6.54. The van der Waals surface area contributed by atoms with Gasteiger partial charge in [0.05, 0.1) is 5.25 Å². The molecule has 2 atom stereocenters. The molecule has 2 N–H and O–H groups in total. The van der Waals surface area contributed by atoms with Gasteiger partial charge in [0.25, 0.3) is 0 Å². The van der Waals surface area contributed by atoms with Crippen molar-refractivity contribution in [1.82, 2.24) is 9.97 Å². The van der Waals surface area contributed by atoms with E-state index in [4.69, 9.17) is 10.5 Å². The van der Waals surface area contributed by atoms with Gasteiger partial charge < -0.3 is 10.5 Å². The molecular formula is C16H19N3OS. The topological polar surface area (TPSA) is 61.0 Å². The number of aryl methyl sites for hydroxylation is 2. The molecule has 110 valence electrons. The number of ether oxygens (including phenoxy) is 1. The lowest BCUT2D eigenvalue weighted by molar-refractivity contribution is 0.276. The highest BCUT2D eigenvalue weighted by atomic mass is 32.2. The molecule has 2 aromatic rings. The minimum absolute atomic E-state index is 0.0644. The third-order valence-corrected chi connectivity index (χ3v) is 5.08. The maximum Gasteiger partial charge on any atom is 0.188 e. The summed E-state index contributed by atoms with van der Waals surface area (Å²) in [5.74, 6) is 0.888. The maximum absolute atomic E-state index is 6.39. The van der Waals surface area contributed by atoms with Gasteiger partial charge in [-0.1, -0.05) is 30.0 Å². The molecule has 0 aliphatic carbocycles. The summed E-state index contributed by atoms with van der Waals surface area (Å²) in [7, 11) is 0. The molecule has 0 fully saturated rings. The van der Waals surface area contributed by atoms with Crippen LogP contribution in [0.15, 0.2) is 29.4 Å². The van der Waals surface area contributed by atoms with Gasteiger partial charge in [0.15, 0.2) is 5.16 Å². The number of nitrogens with zero attached hydrogens (tertiary/aromatic N) is 2. The first-order valence-corrected chi connectivity index (χ1v) is 7.90. The summed E-state index contributed by atoms with van der Waals surface area (Å²) in [6.07, 6.45) is 0. The van der Waals surface area contributed by atoms with Crippen LogP contribution in [0.25, 0.3) is 0 Å². The van der Waals surface area contributed by atoms with Crippen LogP contribution in [0.2, 0.25) is 0 Å². The van der Waals surface area contributed by atoms with Crippen LogP contribution in [-0.2, 0) is 0 Å². The first kappa shape index (κ1) is 14.4. The van der Waals surface area contributed by atoms with E-state index in [-0.39, 0.29) is 11.3 Å². The zero-order valence-electron chi connectivity index (χ0n) is 12.5. The summed E-state index contributed by atoms with van der Waals surface area (Å²) in [5, 5.41) is 0.903. The van der Waals surface area contributed by atoms with Crippen molar-refractivity contribution >= 4 is 11.8 Å². The first-order chi connectivity index (χ1) is 10.1. The van der Waals surface area contributed by atoms with Gasteiger partial charge in [0.1, 0.15) is 12.4 Å². The number of hydrogen-bond acceptors (Lipinski definition) is 5. The van der Waals surface area contributed by atoms with E-state index in [0.29, 0.717) is 6.61 Å². The highest BCUT2D eigenvalue weighted by Crippen LogP contribution is 2.37. The first-order valence-electron chi connectivity index (χ1n) is 7.02. The predicted molar refractivity (Wildman–Crippen MR) is 84.8 cm³/mol. The summed E-state index contributed by atoms with van der Waals surface area (Å²) in [6.45, 7) is 6.66. The average Bonchev–Trinajstić information content (AvgIpc) is 2.48. The van der Waals surface area contributed by atoms with E-state index in [0.717, 1.165) is 33.4 Å². The van der Waals surface area contributed by atoms with Crippen molar-refractivity contribution in [2.75, 3.05) is 6.61 Å². The number of rotatable bonds is 2. The fourth-order valence-electron chi connectivity index (χ4n) is 2.40. The number of nitrogens with two attached hydrogens (primary N) is 1. The van der Waals surface area contributed by atoms with Crippen molar-refractivity contribution in [2.45, 2.75) is 37.2 Å². The molecule has 0 saturated heterocycles. The van der Waals surface area contributed by atoms with Crippen molar-refractivity contribution in [3.63, 3.8) is 0 Å². The van der Waals surface area contributed by atoms with Gasteiger partial charge >= 0.3 is 0 Å². The SMILES string of the molecule is Cc1nc(SC2COc3ccccc3C2N)nc(C)c1C. The van der Waals surface area contributed by atoms with Crippen LogP contribution >= 0.6 is 11.8 Å². The number of fused-ring (bicyclic) bond motifs is 1. The number of para-hydroxylation sites is 1. The molecule has 2 heterocycles. The molecule has 4 nitrogen and oxygen atoms in total. The Morgan fingerprint density at radius 3 is 2.52 bits per heavy atom. The Hall–Kier alpha value is -1.59. The van der Waals surface area contributed by atoms with Crippen molar-refractivity contribution in [3.8, 4) is 5.75 Å². The molecule has 0 amide bonds. The van der Waals surface area contributed by atoms with E-state index in [9.17, 15) is 0 Å². The predicted octanol–water partition coefficient (Wildman–Crippen LogP) is 2.95. The molecule has 1 aromatic carbocycles. The van der Waals surface area contributed by atoms with Gasteiger partial charge in [-0.3, -0.25) is 0 Å². The number of hydrogen-bond donors (Lipinski definition) is 1. The quantitative estimate of drug-likeness (QED) is 0.864. The molecule has 3 rings (SSSR count). The fraction of sp³-hybridized carbons (Fsp3) is 0.375. The molecule has 5 heteroatoms. The summed E-state index contributed by atoms with van der Waals surface area (Å²) in [5.41, 5.74) is 10.6. The van der Waals surface area contributed by atoms with Crippen molar-refractivity contribution in [1.29, 1.82) is 0 Å². The van der Waals surface area contributed by atoms with Crippen LogP contribution in [0, 0.1) is 20.8 Å². The van der Waals surface area contributed by atoms with Crippen LogP contribution in [0.4, 0.5) is 0 Å². The third-order valence-electron chi connectivity index (χ3n) is 3.95. The van der Waals surface area contributed by atoms with Crippen LogP contribution in [0.3, 0.4) is 0 Å². The number of thioether (sulfide) groups is 1. The lowest BCUT2D eigenvalue weighted by atomic mass is 10.0. The Labute approximate surface area is 129 Å². The Kier molecular flexibility index (Phi) is 3.87. The minimum Gasteiger partial charge on any atom is -0.492 e. The van der Waals surface area contributed by atoms with Gasteiger partial charge in [-0.05, 0) is 32.4 Å². The smallest absolute Gasteiger partial charge is 0.188 e.